The maximum absolute atomic E-state index is 13.0. The lowest BCUT2D eigenvalue weighted by atomic mass is 10.1. The second-order valence-electron chi connectivity index (χ2n) is 5.18. The first-order chi connectivity index (χ1) is 12.6. The fourth-order valence-electron chi connectivity index (χ4n) is 2.44. The molecule has 11 heteroatoms. The highest BCUT2D eigenvalue weighted by Gasteiger charge is 2.37. The standard InChI is InChI=1S/C16H12F3IN2O5/c1-25-14(23)10-6-27-7-22(13(10)15(24)26-2)12-8(5-21)3-9(4-11(12)20)16(17,18)19/h3-4H,6-7H2,1-2H3. The first kappa shape index (κ1) is 21.0. The van der Waals surface area contributed by atoms with Gasteiger partial charge in [0.25, 0.3) is 0 Å². The largest absolute Gasteiger partial charge is 0.466 e. The zero-order chi connectivity index (χ0) is 20.4. The van der Waals surface area contributed by atoms with Crippen LogP contribution >= 0.6 is 22.6 Å². The van der Waals surface area contributed by atoms with E-state index in [0.29, 0.717) is 6.07 Å². The van der Waals surface area contributed by atoms with E-state index in [1.165, 1.54) is 0 Å². The van der Waals surface area contributed by atoms with Gasteiger partial charge in [-0.15, -0.1) is 0 Å². The first-order valence-corrected chi connectivity index (χ1v) is 8.29. The zero-order valence-electron chi connectivity index (χ0n) is 14.0. The van der Waals surface area contributed by atoms with Crippen LogP contribution in [0, 0.1) is 14.9 Å². The summed E-state index contributed by atoms with van der Waals surface area (Å²) in [6, 6.07) is 3.19. The summed E-state index contributed by atoms with van der Waals surface area (Å²) in [5.74, 6) is -1.78. The minimum absolute atomic E-state index is 0.00685. The predicted octanol–water partition coefficient (Wildman–Crippen LogP) is 2.58. The van der Waals surface area contributed by atoms with Crippen molar-refractivity contribution in [2.45, 2.75) is 6.18 Å². The molecule has 2 rings (SSSR count). The molecule has 0 spiro atoms. The second kappa shape index (κ2) is 8.13. The molecular weight excluding hydrogens is 484 g/mol. The maximum Gasteiger partial charge on any atom is 0.416 e. The normalized spacial score (nSPS) is 14.6. The third-order valence-corrected chi connectivity index (χ3v) is 4.44. The summed E-state index contributed by atoms with van der Waals surface area (Å²) in [5.41, 5.74) is -1.79. The van der Waals surface area contributed by atoms with Gasteiger partial charge in [0, 0.05) is 3.57 Å². The SMILES string of the molecule is COC(=O)C1=C(C(=O)OC)N(c2c(I)cc(C(F)(F)F)cc2C#N)COC1. The van der Waals surface area contributed by atoms with Crippen LogP contribution in [0.4, 0.5) is 18.9 Å². The van der Waals surface area contributed by atoms with Crippen LogP contribution in [0.2, 0.25) is 0 Å². The quantitative estimate of drug-likeness (QED) is 0.470. The third-order valence-electron chi connectivity index (χ3n) is 3.61. The van der Waals surface area contributed by atoms with Crippen molar-refractivity contribution in [1.82, 2.24) is 0 Å². The Morgan fingerprint density at radius 3 is 2.41 bits per heavy atom. The average molecular weight is 496 g/mol. The molecule has 0 aromatic heterocycles. The number of nitrogens with zero attached hydrogens (tertiary/aromatic N) is 2. The molecule has 0 radical (unpaired) electrons. The molecule has 144 valence electrons. The minimum Gasteiger partial charge on any atom is -0.466 e. The van der Waals surface area contributed by atoms with Crippen molar-refractivity contribution in [2.24, 2.45) is 0 Å². The van der Waals surface area contributed by atoms with E-state index >= 15 is 0 Å². The van der Waals surface area contributed by atoms with Crippen molar-refractivity contribution in [3.05, 3.63) is 38.1 Å². The Morgan fingerprint density at radius 2 is 1.89 bits per heavy atom. The summed E-state index contributed by atoms with van der Waals surface area (Å²) in [5, 5.41) is 9.35. The van der Waals surface area contributed by atoms with E-state index in [1.54, 1.807) is 28.7 Å². The van der Waals surface area contributed by atoms with Gasteiger partial charge in [0.2, 0.25) is 0 Å². The van der Waals surface area contributed by atoms with Crippen molar-refractivity contribution < 1.29 is 37.0 Å². The highest BCUT2D eigenvalue weighted by molar-refractivity contribution is 14.1. The zero-order valence-corrected chi connectivity index (χ0v) is 16.2. The number of nitriles is 1. The van der Waals surface area contributed by atoms with E-state index in [0.717, 1.165) is 25.2 Å². The molecule has 0 aliphatic carbocycles. The van der Waals surface area contributed by atoms with E-state index in [1.807, 2.05) is 0 Å². The molecule has 0 amide bonds. The van der Waals surface area contributed by atoms with Gasteiger partial charge in [0.05, 0.1) is 43.2 Å². The Balaban J connectivity index is 2.73. The van der Waals surface area contributed by atoms with Crippen molar-refractivity contribution in [1.29, 1.82) is 5.26 Å². The highest BCUT2D eigenvalue weighted by atomic mass is 127. The van der Waals surface area contributed by atoms with Gasteiger partial charge in [0.1, 0.15) is 18.5 Å². The fourth-order valence-corrected chi connectivity index (χ4v) is 3.36. The number of alkyl halides is 3. The number of carbonyl (C=O) groups is 2. The summed E-state index contributed by atoms with van der Waals surface area (Å²) >= 11 is 1.62. The van der Waals surface area contributed by atoms with Crippen LogP contribution in [0.25, 0.3) is 0 Å². The Kier molecular flexibility index (Phi) is 6.32. The lowest BCUT2D eigenvalue weighted by Gasteiger charge is -2.32. The number of ether oxygens (including phenoxy) is 3. The number of benzene rings is 1. The maximum atomic E-state index is 13.0. The number of hydrogen-bond acceptors (Lipinski definition) is 7. The van der Waals surface area contributed by atoms with E-state index in [9.17, 15) is 28.0 Å². The summed E-state index contributed by atoms with van der Waals surface area (Å²) < 4.78 is 53.7. The van der Waals surface area contributed by atoms with Crippen LogP contribution in [0.15, 0.2) is 23.4 Å². The molecule has 1 aromatic rings. The summed E-state index contributed by atoms with van der Waals surface area (Å²) in [7, 11) is 2.19. The Labute approximate surface area is 165 Å². The molecule has 1 aliphatic rings. The fraction of sp³-hybridized carbons (Fsp3) is 0.312. The number of carbonyl (C=O) groups excluding carboxylic acids is 2. The monoisotopic (exact) mass is 496 g/mol. The van der Waals surface area contributed by atoms with Crippen LogP contribution in [0.1, 0.15) is 11.1 Å². The lowest BCUT2D eigenvalue weighted by molar-refractivity contribution is -0.140. The molecular formula is C16H12F3IN2O5. The lowest BCUT2D eigenvalue weighted by Crippen LogP contribution is -2.39. The van der Waals surface area contributed by atoms with Crippen molar-refractivity contribution >= 4 is 40.2 Å². The van der Waals surface area contributed by atoms with E-state index in [2.05, 4.69) is 4.74 Å². The molecule has 1 aliphatic heterocycles. The first-order valence-electron chi connectivity index (χ1n) is 7.21. The van der Waals surface area contributed by atoms with Gasteiger partial charge in [-0.05, 0) is 34.7 Å². The number of esters is 2. The van der Waals surface area contributed by atoms with E-state index < -0.39 is 23.7 Å². The summed E-state index contributed by atoms with van der Waals surface area (Å²) in [4.78, 5) is 25.4. The molecule has 0 saturated heterocycles. The van der Waals surface area contributed by atoms with Crippen LogP contribution in [0.5, 0.6) is 0 Å². The predicted molar refractivity (Wildman–Crippen MR) is 93.2 cm³/mol. The van der Waals surface area contributed by atoms with Gasteiger partial charge in [-0.25, -0.2) is 9.59 Å². The molecule has 0 N–H and O–H groups in total. The highest BCUT2D eigenvalue weighted by Crippen LogP contribution is 2.38. The molecule has 27 heavy (non-hydrogen) atoms. The molecule has 0 fully saturated rings. The number of methoxy groups -OCH3 is 2. The smallest absolute Gasteiger partial charge is 0.416 e. The van der Waals surface area contributed by atoms with E-state index in [4.69, 9.17) is 9.47 Å². The van der Waals surface area contributed by atoms with Crippen molar-refractivity contribution in [3.63, 3.8) is 0 Å². The summed E-state index contributed by atoms with van der Waals surface area (Å²) in [6.07, 6.45) is -4.65. The number of halogens is 4. The van der Waals surface area contributed by atoms with Gasteiger partial charge in [-0.1, -0.05) is 0 Å². The molecule has 1 aromatic carbocycles. The van der Waals surface area contributed by atoms with Crippen LogP contribution in [-0.4, -0.2) is 39.5 Å². The minimum atomic E-state index is -4.65. The Morgan fingerprint density at radius 1 is 1.26 bits per heavy atom. The number of anilines is 1. The van der Waals surface area contributed by atoms with Gasteiger partial charge in [0.15, 0.2) is 0 Å². The number of hydrogen-bond donors (Lipinski definition) is 0. The molecule has 7 nitrogen and oxygen atoms in total. The summed E-state index contributed by atoms with van der Waals surface area (Å²) in [6.45, 7) is -0.534. The Hall–Kier alpha value is -2.33. The van der Waals surface area contributed by atoms with Crippen LogP contribution in [0.3, 0.4) is 0 Å². The molecule has 0 saturated carbocycles. The van der Waals surface area contributed by atoms with Gasteiger partial charge < -0.3 is 19.1 Å². The van der Waals surface area contributed by atoms with Crippen LogP contribution < -0.4 is 4.90 Å². The van der Waals surface area contributed by atoms with Gasteiger partial charge >= 0.3 is 18.1 Å². The molecule has 0 unspecified atom stereocenters. The molecule has 0 bridgehead atoms. The number of rotatable bonds is 3. The second-order valence-corrected chi connectivity index (χ2v) is 6.34. The third kappa shape index (κ3) is 4.16. The van der Waals surface area contributed by atoms with Gasteiger partial charge in [-0.3, -0.25) is 0 Å². The molecule has 1 heterocycles. The molecule has 0 atom stereocenters. The van der Waals surface area contributed by atoms with Crippen molar-refractivity contribution in [3.8, 4) is 6.07 Å². The average Bonchev–Trinajstić information content (AvgIpc) is 2.64. The topological polar surface area (TPSA) is 88.9 Å². The van der Waals surface area contributed by atoms with Crippen molar-refractivity contribution in [2.75, 3.05) is 32.5 Å². The van der Waals surface area contributed by atoms with Gasteiger partial charge in [-0.2, -0.15) is 18.4 Å². The van der Waals surface area contributed by atoms with Crippen LogP contribution in [-0.2, 0) is 30.0 Å². The Bertz CT molecular complexity index is 861. The van der Waals surface area contributed by atoms with E-state index in [-0.39, 0.29) is 39.4 Å².